The molecule has 1 aliphatic heterocycles. The molecule has 0 spiro atoms. The minimum atomic E-state index is -3.69. The molecule has 0 unspecified atom stereocenters. The molecule has 1 aromatic heterocycles. The quantitative estimate of drug-likeness (QED) is 0.817. The molecule has 2 heterocycles. The maximum atomic E-state index is 12.2. The second-order valence-electron chi connectivity index (χ2n) is 4.29. The van der Waals surface area contributed by atoms with Gasteiger partial charge in [0, 0.05) is 32.2 Å². The largest absolute Gasteiger partial charge is 0.465 e. The van der Waals surface area contributed by atoms with Crippen LogP contribution < -0.4 is 9.88 Å². The second kappa shape index (κ2) is 5.81. The molecule has 1 aromatic rings. The summed E-state index contributed by atoms with van der Waals surface area (Å²) in [4.78, 5) is 13.7. The van der Waals surface area contributed by atoms with E-state index >= 15 is 0 Å². The second-order valence-corrected chi connectivity index (χ2v) is 5.83. The van der Waals surface area contributed by atoms with Gasteiger partial charge in [0.15, 0.2) is 5.76 Å². The Morgan fingerprint density at radius 2 is 2.00 bits per heavy atom. The standard InChI is InChI=1S/C11H17N3O5S/c1-2-18-10-4-3-9(19-10)11(15)13-5-7-14(8-6-13)20(12,16)17/h3-4H,2,5-8H2,1H3,(H2,12,16,17). The Balaban J connectivity index is 1.97. The van der Waals surface area contributed by atoms with Crippen LogP contribution >= 0.6 is 0 Å². The predicted molar refractivity (Wildman–Crippen MR) is 70.5 cm³/mol. The van der Waals surface area contributed by atoms with Crippen molar-refractivity contribution in [1.29, 1.82) is 0 Å². The van der Waals surface area contributed by atoms with Crippen LogP contribution in [-0.2, 0) is 10.2 Å². The molecule has 0 radical (unpaired) electrons. The SMILES string of the molecule is CCOc1ccc(C(=O)N2CCN(S(N)(=O)=O)CC2)o1. The van der Waals surface area contributed by atoms with E-state index in [0.29, 0.717) is 12.6 Å². The summed E-state index contributed by atoms with van der Waals surface area (Å²) in [7, 11) is -3.69. The average molecular weight is 303 g/mol. The lowest BCUT2D eigenvalue weighted by atomic mass is 10.3. The smallest absolute Gasteiger partial charge is 0.289 e. The summed E-state index contributed by atoms with van der Waals surface area (Å²) >= 11 is 0. The minimum absolute atomic E-state index is 0.178. The van der Waals surface area contributed by atoms with E-state index in [1.54, 1.807) is 12.1 Å². The van der Waals surface area contributed by atoms with Crippen molar-refractivity contribution in [3.8, 4) is 5.95 Å². The predicted octanol–water partition coefficient (Wildman–Crippen LogP) is -0.360. The highest BCUT2D eigenvalue weighted by molar-refractivity contribution is 7.86. The van der Waals surface area contributed by atoms with Crippen molar-refractivity contribution in [2.24, 2.45) is 5.14 Å². The first kappa shape index (κ1) is 14.8. The molecular formula is C11H17N3O5S. The summed E-state index contributed by atoms with van der Waals surface area (Å²) in [5, 5.41) is 5.04. The van der Waals surface area contributed by atoms with E-state index in [-0.39, 0.29) is 37.8 Å². The Hall–Kier alpha value is -1.58. The maximum Gasteiger partial charge on any atom is 0.289 e. The molecule has 112 valence electrons. The Bertz CT molecular complexity index is 575. The Kier molecular flexibility index (Phi) is 4.31. The Labute approximate surface area is 117 Å². The molecule has 2 rings (SSSR count). The first-order chi connectivity index (χ1) is 9.41. The fourth-order valence-corrected chi connectivity index (χ4v) is 2.63. The molecule has 1 fully saturated rings. The van der Waals surface area contributed by atoms with Crippen LogP contribution in [0, 0.1) is 0 Å². The lowest BCUT2D eigenvalue weighted by molar-refractivity contribution is 0.0658. The van der Waals surface area contributed by atoms with Gasteiger partial charge in [-0.1, -0.05) is 0 Å². The summed E-state index contributed by atoms with van der Waals surface area (Å²) in [6.45, 7) is 3.19. The van der Waals surface area contributed by atoms with Gasteiger partial charge in [0.05, 0.1) is 6.61 Å². The van der Waals surface area contributed by atoms with Gasteiger partial charge in [0.1, 0.15) is 0 Å². The number of furan rings is 1. The molecule has 8 nitrogen and oxygen atoms in total. The number of nitrogens with two attached hydrogens (primary N) is 1. The molecule has 0 aliphatic carbocycles. The molecule has 1 aliphatic rings. The molecule has 1 amide bonds. The molecule has 1 saturated heterocycles. The number of amides is 1. The van der Waals surface area contributed by atoms with Gasteiger partial charge in [-0.05, 0) is 13.0 Å². The number of carbonyl (C=O) groups excluding carboxylic acids is 1. The van der Waals surface area contributed by atoms with E-state index in [1.807, 2.05) is 6.92 Å². The van der Waals surface area contributed by atoms with E-state index in [1.165, 1.54) is 4.90 Å². The lowest BCUT2D eigenvalue weighted by Crippen LogP contribution is -2.52. The van der Waals surface area contributed by atoms with Crippen LogP contribution in [0.3, 0.4) is 0 Å². The van der Waals surface area contributed by atoms with Crippen molar-refractivity contribution in [1.82, 2.24) is 9.21 Å². The van der Waals surface area contributed by atoms with Crippen LogP contribution in [0.5, 0.6) is 5.95 Å². The third-order valence-corrected chi connectivity index (χ3v) is 4.05. The zero-order valence-electron chi connectivity index (χ0n) is 11.1. The van der Waals surface area contributed by atoms with Gasteiger partial charge in [0.25, 0.3) is 22.1 Å². The summed E-state index contributed by atoms with van der Waals surface area (Å²) in [6, 6.07) is 3.12. The van der Waals surface area contributed by atoms with Crippen LogP contribution in [0.4, 0.5) is 0 Å². The molecule has 0 saturated carbocycles. The number of carbonyl (C=O) groups is 1. The zero-order valence-corrected chi connectivity index (χ0v) is 11.9. The van der Waals surface area contributed by atoms with Gasteiger partial charge < -0.3 is 14.1 Å². The third kappa shape index (κ3) is 3.30. The number of hydrogen-bond donors (Lipinski definition) is 1. The molecule has 20 heavy (non-hydrogen) atoms. The summed E-state index contributed by atoms with van der Waals surface area (Å²) in [5.74, 6) is 0.182. The van der Waals surface area contributed by atoms with Gasteiger partial charge in [-0.3, -0.25) is 4.79 Å². The van der Waals surface area contributed by atoms with Crippen molar-refractivity contribution in [2.45, 2.75) is 6.92 Å². The van der Waals surface area contributed by atoms with E-state index in [0.717, 1.165) is 4.31 Å². The fraction of sp³-hybridized carbons (Fsp3) is 0.545. The monoisotopic (exact) mass is 303 g/mol. The van der Waals surface area contributed by atoms with Crippen molar-refractivity contribution >= 4 is 16.1 Å². The van der Waals surface area contributed by atoms with Crippen LogP contribution in [0.25, 0.3) is 0 Å². The molecule has 0 atom stereocenters. The van der Waals surface area contributed by atoms with E-state index in [9.17, 15) is 13.2 Å². The van der Waals surface area contributed by atoms with Gasteiger partial charge in [-0.15, -0.1) is 0 Å². The van der Waals surface area contributed by atoms with E-state index in [4.69, 9.17) is 14.3 Å². The Morgan fingerprint density at radius 3 is 2.55 bits per heavy atom. The topological polar surface area (TPSA) is 106 Å². The van der Waals surface area contributed by atoms with Crippen molar-refractivity contribution in [2.75, 3.05) is 32.8 Å². The number of ether oxygens (including phenoxy) is 1. The number of rotatable bonds is 4. The van der Waals surface area contributed by atoms with E-state index < -0.39 is 10.2 Å². The van der Waals surface area contributed by atoms with Crippen LogP contribution in [0.2, 0.25) is 0 Å². The van der Waals surface area contributed by atoms with Gasteiger partial charge in [0.2, 0.25) is 0 Å². The fourth-order valence-electron chi connectivity index (χ4n) is 1.96. The van der Waals surface area contributed by atoms with Crippen molar-refractivity contribution in [3.05, 3.63) is 17.9 Å². The normalized spacial score (nSPS) is 17.2. The lowest BCUT2D eigenvalue weighted by Gasteiger charge is -2.32. The maximum absolute atomic E-state index is 12.2. The average Bonchev–Trinajstić information content (AvgIpc) is 2.86. The van der Waals surface area contributed by atoms with Crippen molar-refractivity contribution in [3.63, 3.8) is 0 Å². The minimum Gasteiger partial charge on any atom is -0.465 e. The molecule has 0 aromatic carbocycles. The number of nitrogens with zero attached hydrogens (tertiary/aromatic N) is 2. The van der Waals surface area contributed by atoms with Crippen LogP contribution in [0.1, 0.15) is 17.5 Å². The number of piperazine rings is 1. The van der Waals surface area contributed by atoms with Gasteiger partial charge in [-0.25, -0.2) is 5.14 Å². The summed E-state index contributed by atoms with van der Waals surface area (Å²) in [5.41, 5.74) is 0. The third-order valence-electron chi connectivity index (χ3n) is 2.96. The molecule has 2 N–H and O–H groups in total. The van der Waals surface area contributed by atoms with Gasteiger partial charge >= 0.3 is 0 Å². The first-order valence-electron chi connectivity index (χ1n) is 6.21. The number of hydrogen-bond acceptors (Lipinski definition) is 5. The molecule has 0 bridgehead atoms. The highest BCUT2D eigenvalue weighted by atomic mass is 32.2. The van der Waals surface area contributed by atoms with Crippen LogP contribution in [0.15, 0.2) is 16.5 Å². The summed E-state index contributed by atoms with van der Waals surface area (Å²) in [6.07, 6.45) is 0. The van der Waals surface area contributed by atoms with Gasteiger partial charge in [-0.2, -0.15) is 12.7 Å². The molecule has 9 heteroatoms. The summed E-state index contributed by atoms with van der Waals surface area (Å²) < 4.78 is 33.9. The Morgan fingerprint density at radius 1 is 1.35 bits per heavy atom. The highest BCUT2D eigenvalue weighted by Gasteiger charge is 2.28. The zero-order chi connectivity index (χ0) is 14.8. The van der Waals surface area contributed by atoms with Crippen molar-refractivity contribution < 1.29 is 22.4 Å². The first-order valence-corrected chi connectivity index (χ1v) is 7.72. The van der Waals surface area contributed by atoms with Crippen LogP contribution in [-0.4, -0.2) is 56.3 Å². The molecular weight excluding hydrogens is 286 g/mol. The van der Waals surface area contributed by atoms with E-state index in [2.05, 4.69) is 0 Å². The highest BCUT2D eigenvalue weighted by Crippen LogP contribution is 2.18.